The molecule has 0 aliphatic rings. The Hall–Kier alpha value is -3.15. The zero-order chi connectivity index (χ0) is 25.9. The third kappa shape index (κ3) is 6.54. The maximum Gasteiger partial charge on any atom is 0.266 e. The number of fused-ring (bicyclic) bond motifs is 1. The topological polar surface area (TPSA) is 64.4 Å². The molecule has 0 saturated carbocycles. The van der Waals surface area contributed by atoms with Crippen LogP contribution in [-0.2, 0) is 4.79 Å². The summed E-state index contributed by atoms with van der Waals surface area (Å²) in [5.74, 6) is 1.48. The third-order valence-corrected chi connectivity index (χ3v) is 6.76. The van der Waals surface area contributed by atoms with E-state index in [1.165, 1.54) is 19.3 Å². The number of methoxy groups -OCH3 is 1. The van der Waals surface area contributed by atoms with Crippen LogP contribution in [0.4, 0.5) is 0 Å². The monoisotopic (exact) mass is 491 g/mol. The molecule has 0 radical (unpaired) electrons. The number of benzene rings is 2. The molecule has 1 amide bonds. The molecule has 6 nitrogen and oxygen atoms in total. The van der Waals surface area contributed by atoms with Crippen molar-refractivity contribution < 1.29 is 9.53 Å². The molecule has 0 N–H and O–H groups in total. The summed E-state index contributed by atoms with van der Waals surface area (Å²) < 4.78 is 7.01. The zero-order valence-corrected chi connectivity index (χ0v) is 22.3. The highest BCUT2D eigenvalue weighted by Gasteiger charge is 2.28. The average molecular weight is 492 g/mol. The van der Waals surface area contributed by atoms with Gasteiger partial charge in [-0.15, -0.1) is 0 Å². The summed E-state index contributed by atoms with van der Waals surface area (Å²) in [6.07, 6.45) is 8.64. The Kier molecular flexibility index (Phi) is 10.5. The van der Waals surface area contributed by atoms with E-state index in [1.54, 1.807) is 11.7 Å². The summed E-state index contributed by atoms with van der Waals surface area (Å²) in [4.78, 5) is 34.3. The highest BCUT2D eigenvalue weighted by molar-refractivity contribution is 5.79. The molecule has 3 aromatic rings. The van der Waals surface area contributed by atoms with E-state index in [-0.39, 0.29) is 17.5 Å². The Morgan fingerprint density at radius 1 is 0.944 bits per heavy atom. The molecule has 3 rings (SSSR count). The Bertz CT molecular complexity index is 1170. The summed E-state index contributed by atoms with van der Waals surface area (Å²) >= 11 is 0. The van der Waals surface area contributed by atoms with Crippen LogP contribution < -0.4 is 10.3 Å². The minimum Gasteiger partial charge on any atom is -0.497 e. The molecule has 1 unspecified atom stereocenters. The first-order valence-electron chi connectivity index (χ1n) is 13.5. The number of para-hydroxylation sites is 1. The minimum absolute atomic E-state index is 0.123. The molecule has 0 fully saturated rings. The van der Waals surface area contributed by atoms with Crippen LogP contribution in [0.25, 0.3) is 16.6 Å². The van der Waals surface area contributed by atoms with Crippen molar-refractivity contribution in [3.63, 3.8) is 0 Å². The second-order valence-electron chi connectivity index (χ2n) is 9.35. The van der Waals surface area contributed by atoms with Crippen LogP contribution in [0, 0.1) is 0 Å². The van der Waals surface area contributed by atoms with Gasteiger partial charge in [-0.05, 0) is 55.7 Å². The van der Waals surface area contributed by atoms with E-state index in [9.17, 15) is 9.59 Å². The molecule has 6 heteroatoms. The van der Waals surface area contributed by atoms with Crippen molar-refractivity contribution in [2.24, 2.45) is 0 Å². The van der Waals surface area contributed by atoms with Crippen LogP contribution in [0.3, 0.4) is 0 Å². The normalized spacial score (nSPS) is 12.0. The standard InChI is InChI=1S/C30H41N3O3/c1-5-8-10-11-12-17-28(34)32(22-9-6-2)27(7-3)29-31-26-16-14-13-15-25(26)30(35)33(29)23-18-20-24(36-4)21-19-23/h13-16,18-21,27H,5-12,17,22H2,1-4H3. The van der Waals surface area contributed by atoms with Crippen LogP contribution in [0.2, 0.25) is 0 Å². The number of unbranched alkanes of at least 4 members (excludes halogenated alkanes) is 5. The Morgan fingerprint density at radius 2 is 1.64 bits per heavy atom. The summed E-state index contributed by atoms with van der Waals surface area (Å²) in [5.41, 5.74) is 1.25. The van der Waals surface area contributed by atoms with Crippen LogP contribution in [-0.4, -0.2) is 34.0 Å². The molecule has 1 heterocycles. The number of carbonyl (C=O) groups is 1. The van der Waals surface area contributed by atoms with Gasteiger partial charge in [0.2, 0.25) is 5.91 Å². The number of carbonyl (C=O) groups excluding carboxylic acids is 1. The van der Waals surface area contributed by atoms with Crippen LogP contribution in [0.1, 0.15) is 90.4 Å². The van der Waals surface area contributed by atoms with Gasteiger partial charge >= 0.3 is 0 Å². The van der Waals surface area contributed by atoms with Gasteiger partial charge in [0.1, 0.15) is 11.6 Å². The fourth-order valence-corrected chi connectivity index (χ4v) is 4.70. The van der Waals surface area contributed by atoms with E-state index in [1.807, 2.05) is 53.4 Å². The molecule has 0 saturated heterocycles. The largest absolute Gasteiger partial charge is 0.497 e. The Balaban J connectivity index is 2.08. The van der Waals surface area contributed by atoms with Gasteiger partial charge in [-0.3, -0.25) is 14.2 Å². The zero-order valence-electron chi connectivity index (χ0n) is 22.3. The van der Waals surface area contributed by atoms with E-state index in [0.29, 0.717) is 36.1 Å². The molecule has 0 spiro atoms. The predicted octanol–water partition coefficient (Wildman–Crippen LogP) is 6.83. The summed E-state index contributed by atoms with van der Waals surface area (Å²) in [6.45, 7) is 7.06. The number of rotatable bonds is 14. The Labute approximate surface area is 215 Å². The van der Waals surface area contributed by atoms with Crippen molar-refractivity contribution in [2.75, 3.05) is 13.7 Å². The molecule has 36 heavy (non-hydrogen) atoms. The lowest BCUT2D eigenvalue weighted by Crippen LogP contribution is -2.39. The summed E-state index contributed by atoms with van der Waals surface area (Å²) in [7, 11) is 1.62. The van der Waals surface area contributed by atoms with Crippen molar-refractivity contribution >= 4 is 16.8 Å². The van der Waals surface area contributed by atoms with Gasteiger partial charge in [0, 0.05) is 13.0 Å². The average Bonchev–Trinajstić information content (AvgIpc) is 2.91. The van der Waals surface area contributed by atoms with Crippen molar-refractivity contribution in [1.29, 1.82) is 0 Å². The number of nitrogens with zero attached hydrogens (tertiary/aromatic N) is 3. The molecule has 0 aliphatic carbocycles. The first-order valence-corrected chi connectivity index (χ1v) is 13.5. The van der Waals surface area contributed by atoms with Gasteiger partial charge in [-0.25, -0.2) is 4.98 Å². The molecular formula is C30H41N3O3. The second-order valence-corrected chi connectivity index (χ2v) is 9.35. The first kappa shape index (κ1) is 27.4. The molecule has 1 aromatic heterocycles. The van der Waals surface area contributed by atoms with Crippen LogP contribution >= 0.6 is 0 Å². The molecule has 2 aromatic carbocycles. The van der Waals surface area contributed by atoms with E-state index in [2.05, 4.69) is 20.8 Å². The lowest BCUT2D eigenvalue weighted by atomic mass is 10.1. The number of amides is 1. The number of hydrogen-bond acceptors (Lipinski definition) is 4. The number of hydrogen-bond donors (Lipinski definition) is 0. The van der Waals surface area contributed by atoms with Gasteiger partial charge in [0.15, 0.2) is 0 Å². The minimum atomic E-state index is -0.293. The molecule has 1 atom stereocenters. The smallest absolute Gasteiger partial charge is 0.266 e. The maximum atomic E-state index is 13.8. The van der Waals surface area contributed by atoms with Crippen LogP contribution in [0.5, 0.6) is 5.75 Å². The lowest BCUT2D eigenvalue weighted by molar-refractivity contribution is -0.134. The van der Waals surface area contributed by atoms with Gasteiger partial charge in [0.05, 0.1) is 29.7 Å². The SMILES string of the molecule is CCCCCCCC(=O)N(CCCC)C(CC)c1nc2ccccc2c(=O)n1-c1ccc(OC)cc1. The van der Waals surface area contributed by atoms with Gasteiger partial charge in [0.25, 0.3) is 5.56 Å². The highest BCUT2D eigenvalue weighted by Crippen LogP contribution is 2.28. The van der Waals surface area contributed by atoms with Crippen molar-refractivity contribution in [3.8, 4) is 11.4 Å². The number of aromatic nitrogens is 2. The molecule has 0 bridgehead atoms. The van der Waals surface area contributed by atoms with Gasteiger partial charge in [-0.1, -0.05) is 65.0 Å². The Morgan fingerprint density at radius 3 is 2.31 bits per heavy atom. The third-order valence-electron chi connectivity index (χ3n) is 6.76. The van der Waals surface area contributed by atoms with Crippen molar-refractivity contribution in [2.45, 2.75) is 84.6 Å². The number of ether oxygens (including phenoxy) is 1. The predicted molar refractivity (Wildman–Crippen MR) is 147 cm³/mol. The highest BCUT2D eigenvalue weighted by atomic mass is 16.5. The van der Waals surface area contributed by atoms with E-state index in [4.69, 9.17) is 9.72 Å². The van der Waals surface area contributed by atoms with Gasteiger partial charge in [-0.2, -0.15) is 0 Å². The fourth-order valence-electron chi connectivity index (χ4n) is 4.70. The summed E-state index contributed by atoms with van der Waals surface area (Å²) in [5, 5.41) is 0.564. The van der Waals surface area contributed by atoms with E-state index >= 15 is 0 Å². The quantitative estimate of drug-likeness (QED) is 0.232. The lowest BCUT2D eigenvalue weighted by Gasteiger charge is -2.32. The first-order chi connectivity index (χ1) is 17.5. The molecule has 0 aliphatic heterocycles. The molecule has 194 valence electrons. The molecular weight excluding hydrogens is 450 g/mol. The van der Waals surface area contributed by atoms with Crippen LogP contribution in [0.15, 0.2) is 53.3 Å². The van der Waals surface area contributed by atoms with Crippen molar-refractivity contribution in [3.05, 3.63) is 64.7 Å². The summed E-state index contributed by atoms with van der Waals surface area (Å²) in [6, 6.07) is 14.6. The van der Waals surface area contributed by atoms with E-state index in [0.717, 1.165) is 37.1 Å². The maximum absolute atomic E-state index is 13.8. The fraction of sp³-hybridized carbons (Fsp3) is 0.500. The van der Waals surface area contributed by atoms with Gasteiger partial charge < -0.3 is 9.64 Å². The van der Waals surface area contributed by atoms with E-state index < -0.39 is 0 Å². The van der Waals surface area contributed by atoms with Crippen molar-refractivity contribution in [1.82, 2.24) is 14.5 Å². The second kappa shape index (κ2) is 13.8.